The minimum Gasteiger partial charge on any atom is -0.323 e. The minimum absolute atomic E-state index is 0.0621. The van der Waals surface area contributed by atoms with Crippen molar-refractivity contribution in [2.24, 2.45) is 0 Å². The smallest absolute Gasteiger partial charge is 0.323 e. The van der Waals surface area contributed by atoms with Crippen LogP contribution in [-0.2, 0) is 11.3 Å². The van der Waals surface area contributed by atoms with Gasteiger partial charge >= 0.3 is 6.03 Å². The molecule has 7 heteroatoms. The van der Waals surface area contributed by atoms with Gasteiger partial charge in [-0.25, -0.2) is 9.69 Å². The molecule has 1 aromatic rings. The highest BCUT2D eigenvalue weighted by atomic mass is 35.5. The first-order valence-electron chi connectivity index (χ1n) is 8.81. The Balaban J connectivity index is 1.66. The summed E-state index contributed by atoms with van der Waals surface area (Å²) in [5, 5.41) is 4.01. The molecular weight excluding hydrogens is 361 g/mol. The van der Waals surface area contributed by atoms with Gasteiger partial charge in [0.15, 0.2) is 6.67 Å². The summed E-state index contributed by atoms with van der Waals surface area (Å²) in [4.78, 5) is 27.7. The van der Waals surface area contributed by atoms with Gasteiger partial charge in [0.25, 0.3) is 5.91 Å². The van der Waals surface area contributed by atoms with Crippen molar-refractivity contribution >= 4 is 35.1 Å². The van der Waals surface area contributed by atoms with Crippen LogP contribution in [0.4, 0.5) is 4.79 Å². The largest absolute Gasteiger partial charge is 0.329 e. The molecule has 0 aromatic heterocycles. The highest BCUT2D eigenvalue weighted by Gasteiger charge is 2.51. The molecule has 0 radical (unpaired) electrons. The molecule has 2 aliphatic rings. The fourth-order valence-electron chi connectivity index (χ4n) is 3.81. The molecule has 1 saturated heterocycles. The van der Waals surface area contributed by atoms with Gasteiger partial charge in [0.05, 0.1) is 17.1 Å². The zero-order chi connectivity index (χ0) is 18.0. The van der Waals surface area contributed by atoms with Gasteiger partial charge in [0, 0.05) is 5.56 Å². The summed E-state index contributed by atoms with van der Waals surface area (Å²) in [6.07, 6.45) is 5.75. The summed E-state index contributed by atoms with van der Waals surface area (Å²) in [5.74, 6) is -0.0621. The van der Waals surface area contributed by atoms with Crippen molar-refractivity contribution < 1.29 is 14.5 Å². The second-order valence-electron chi connectivity index (χ2n) is 7.20. The second-order valence-corrected chi connectivity index (χ2v) is 8.01. The van der Waals surface area contributed by atoms with Crippen molar-refractivity contribution in [1.29, 1.82) is 0 Å². The predicted molar refractivity (Wildman–Crippen MR) is 97.7 cm³/mol. The van der Waals surface area contributed by atoms with E-state index in [-0.39, 0.29) is 11.9 Å². The van der Waals surface area contributed by atoms with E-state index >= 15 is 0 Å². The summed E-state index contributed by atoms with van der Waals surface area (Å²) in [7, 11) is 1.96. The maximum Gasteiger partial charge on any atom is 0.329 e. The molecular formula is C18H24Cl2N3O2+. The number of urea groups is 1. The van der Waals surface area contributed by atoms with E-state index in [0.29, 0.717) is 23.3 Å². The van der Waals surface area contributed by atoms with E-state index in [2.05, 4.69) is 5.32 Å². The number of benzene rings is 1. The molecule has 5 nitrogen and oxygen atoms in total. The van der Waals surface area contributed by atoms with Crippen molar-refractivity contribution in [3.05, 3.63) is 33.8 Å². The lowest BCUT2D eigenvalue weighted by atomic mass is 9.90. The Kier molecular flexibility index (Phi) is 5.56. The van der Waals surface area contributed by atoms with Gasteiger partial charge in [0.2, 0.25) is 0 Å². The summed E-state index contributed by atoms with van der Waals surface area (Å²) >= 11 is 12.0. The van der Waals surface area contributed by atoms with Crippen LogP contribution in [0.3, 0.4) is 0 Å². The van der Waals surface area contributed by atoms with Gasteiger partial charge in [-0.3, -0.25) is 4.79 Å². The molecule has 1 aromatic carbocycles. The van der Waals surface area contributed by atoms with Crippen molar-refractivity contribution in [3.8, 4) is 0 Å². The Morgan fingerprint density at radius 1 is 1.12 bits per heavy atom. The number of hydrogen-bond donors (Lipinski definition) is 2. The standard InChI is InChI=1S/C18H23Cl2N3O2/c1-22(11-13-6-7-14(19)15(20)10-13)12-23-16(24)18(21-17(23)25)8-4-2-3-5-9-18/h6-7,10H,2-5,8-9,11-12H2,1H3,(H,21,25)/p+1. The molecule has 1 unspecified atom stereocenters. The Labute approximate surface area is 158 Å². The average molecular weight is 385 g/mol. The third-order valence-electron chi connectivity index (χ3n) is 5.12. The van der Waals surface area contributed by atoms with Crippen molar-refractivity contribution in [3.63, 3.8) is 0 Å². The van der Waals surface area contributed by atoms with Crippen LogP contribution in [-0.4, -0.2) is 36.1 Å². The zero-order valence-electron chi connectivity index (χ0n) is 14.4. The van der Waals surface area contributed by atoms with E-state index in [1.165, 1.54) is 4.90 Å². The summed E-state index contributed by atoms with van der Waals surface area (Å²) in [6.45, 7) is 0.994. The lowest BCUT2D eigenvalue weighted by Crippen LogP contribution is -3.09. The highest BCUT2D eigenvalue weighted by Crippen LogP contribution is 2.32. The fourth-order valence-corrected chi connectivity index (χ4v) is 4.14. The van der Waals surface area contributed by atoms with Gasteiger partial charge in [0.1, 0.15) is 12.1 Å². The fraction of sp³-hybridized carbons (Fsp3) is 0.556. The molecule has 1 spiro atoms. The summed E-state index contributed by atoms with van der Waals surface area (Å²) in [6, 6.07) is 5.24. The number of quaternary nitrogens is 1. The minimum atomic E-state index is -0.669. The highest BCUT2D eigenvalue weighted by molar-refractivity contribution is 6.42. The van der Waals surface area contributed by atoms with E-state index in [0.717, 1.165) is 49.0 Å². The normalized spacial score (nSPS) is 21.3. The molecule has 25 heavy (non-hydrogen) atoms. The van der Waals surface area contributed by atoms with E-state index in [4.69, 9.17) is 23.2 Å². The third-order valence-corrected chi connectivity index (χ3v) is 5.86. The molecule has 2 N–H and O–H groups in total. The molecule has 3 amide bonds. The molecule has 0 bridgehead atoms. The quantitative estimate of drug-likeness (QED) is 0.783. The third kappa shape index (κ3) is 3.94. The maximum atomic E-state index is 12.9. The van der Waals surface area contributed by atoms with E-state index in [1.807, 2.05) is 19.2 Å². The Morgan fingerprint density at radius 3 is 2.44 bits per heavy atom. The second kappa shape index (κ2) is 7.52. The van der Waals surface area contributed by atoms with Gasteiger partial charge in [-0.1, -0.05) is 55.0 Å². The van der Waals surface area contributed by atoms with Gasteiger partial charge in [-0.05, 0) is 25.0 Å². The lowest BCUT2D eigenvalue weighted by molar-refractivity contribution is -0.901. The molecule has 1 aliphatic carbocycles. The zero-order valence-corrected chi connectivity index (χ0v) is 15.9. The number of imide groups is 1. The van der Waals surface area contributed by atoms with Crippen LogP contribution in [0, 0.1) is 0 Å². The first-order chi connectivity index (χ1) is 11.9. The molecule has 136 valence electrons. The van der Waals surface area contributed by atoms with Crippen LogP contribution >= 0.6 is 23.2 Å². The van der Waals surface area contributed by atoms with Gasteiger partial charge in [-0.15, -0.1) is 0 Å². The molecule has 1 heterocycles. The van der Waals surface area contributed by atoms with Crippen LogP contribution in [0.5, 0.6) is 0 Å². The van der Waals surface area contributed by atoms with Gasteiger partial charge in [-0.2, -0.15) is 0 Å². The van der Waals surface area contributed by atoms with Crippen LogP contribution in [0.2, 0.25) is 10.0 Å². The lowest BCUT2D eigenvalue weighted by Gasteiger charge is -2.25. The number of nitrogens with one attached hydrogen (secondary N) is 2. The number of carbonyl (C=O) groups excluding carboxylic acids is 2. The topological polar surface area (TPSA) is 53.9 Å². The monoisotopic (exact) mass is 384 g/mol. The van der Waals surface area contributed by atoms with Gasteiger partial charge < -0.3 is 10.2 Å². The molecule has 1 saturated carbocycles. The predicted octanol–water partition coefficient (Wildman–Crippen LogP) is 2.61. The van der Waals surface area contributed by atoms with Crippen molar-refractivity contribution in [2.75, 3.05) is 13.7 Å². The average Bonchev–Trinajstić information content (AvgIpc) is 2.74. The van der Waals surface area contributed by atoms with Crippen LogP contribution < -0.4 is 10.2 Å². The Hall–Kier alpha value is -1.30. The number of halogens is 2. The SMILES string of the molecule is C[NH+](Cc1ccc(Cl)c(Cl)c1)CN1C(=O)NC2(CCCCCC2)C1=O. The van der Waals surface area contributed by atoms with E-state index in [9.17, 15) is 9.59 Å². The molecule has 2 fully saturated rings. The van der Waals surface area contributed by atoms with E-state index < -0.39 is 5.54 Å². The number of nitrogens with zero attached hydrogens (tertiary/aromatic N) is 1. The van der Waals surface area contributed by atoms with Crippen molar-refractivity contribution in [2.45, 2.75) is 50.6 Å². The summed E-state index contributed by atoms with van der Waals surface area (Å²) in [5.41, 5.74) is 0.348. The molecule has 3 rings (SSSR count). The Bertz CT molecular complexity index is 672. The Morgan fingerprint density at radius 2 is 1.80 bits per heavy atom. The maximum absolute atomic E-state index is 12.9. The number of amides is 3. The molecule has 1 atom stereocenters. The molecule has 1 aliphatic heterocycles. The number of hydrogen-bond acceptors (Lipinski definition) is 2. The number of carbonyl (C=O) groups is 2. The van der Waals surface area contributed by atoms with Crippen molar-refractivity contribution in [1.82, 2.24) is 10.2 Å². The van der Waals surface area contributed by atoms with Crippen LogP contribution in [0.25, 0.3) is 0 Å². The van der Waals surface area contributed by atoms with Crippen LogP contribution in [0.1, 0.15) is 44.1 Å². The first-order valence-corrected chi connectivity index (χ1v) is 9.56. The van der Waals surface area contributed by atoms with Crippen LogP contribution in [0.15, 0.2) is 18.2 Å². The number of rotatable bonds is 4. The van der Waals surface area contributed by atoms with E-state index in [1.54, 1.807) is 6.07 Å². The first kappa shape index (κ1) is 18.5. The summed E-state index contributed by atoms with van der Waals surface area (Å²) < 4.78 is 0.